The van der Waals surface area contributed by atoms with Crippen LogP contribution in [0, 0.1) is 46.3 Å². The molecular weight excluding hydrogens is 498 g/mol. The predicted molar refractivity (Wildman–Crippen MR) is 150 cm³/mol. The number of hydrogen-bond donors (Lipinski definition) is 3. The SMILES string of the molecule is C[C@H](CCC(=O)N1CCc2cc(Cl)ccc21)[C@H]1C=C[C@H]2[C@@H]3[C@H](O)C[C@@H]4C[C@H](O)CC[C@]4(C)[C@H]3C[C@H](O)[C@]12C. The Morgan fingerprint density at radius 3 is 2.74 bits per heavy atom. The number of amides is 1. The van der Waals surface area contributed by atoms with Crippen molar-refractivity contribution in [2.24, 2.45) is 46.3 Å². The standard InChI is InChI=1S/C32H44ClNO4/c1-18(4-9-29(38)34-13-11-19-14-21(33)5-8-26(19)34)23-6-7-24-30-25(17-28(37)32(23,24)3)31(2)12-10-22(35)15-20(31)16-27(30)36/h5-8,14,18,20,22-25,27-28,30,35-37H,4,9-13,15-17H2,1-3H3/t18-,20+,22-,23-,24+,25+,27-,28+,30+,31+,32-/m1/s1. The predicted octanol–water partition coefficient (Wildman–Crippen LogP) is 5.38. The van der Waals surface area contributed by atoms with Gasteiger partial charge in [0.2, 0.25) is 5.91 Å². The molecule has 0 unspecified atom stereocenters. The first kappa shape index (κ1) is 26.8. The first-order valence-corrected chi connectivity index (χ1v) is 15.2. The molecule has 5 aliphatic rings. The van der Waals surface area contributed by atoms with E-state index in [4.69, 9.17) is 11.6 Å². The van der Waals surface area contributed by atoms with Crippen molar-refractivity contribution in [3.05, 3.63) is 40.9 Å². The van der Waals surface area contributed by atoms with Gasteiger partial charge in [-0.05, 0) is 110 Å². The summed E-state index contributed by atoms with van der Waals surface area (Å²) in [5.74, 6) is 1.44. The van der Waals surface area contributed by atoms with Gasteiger partial charge in [-0.25, -0.2) is 0 Å². The summed E-state index contributed by atoms with van der Waals surface area (Å²) in [6.07, 6.45) is 9.63. The molecule has 5 nitrogen and oxygen atoms in total. The van der Waals surface area contributed by atoms with Crippen molar-refractivity contribution in [1.29, 1.82) is 0 Å². The van der Waals surface area contributed by atoms with E-state index in [9.17, 15) is 20.1 Å². The molecule has 0 aromatic heterocycles. The molecule has 0 spiro atoms. The van der Waals surface area contributed by atoms with E-state index >= 15 is 0 Å². The Morgan fingerprint density at radius 1 is 1.16 bits per heavy atom. The Balaban J connectivity index is 1.16. The van der Waals surface area contributed by atoms with E-state index in [0.717, 1.165) is 56.2 Å². The molecule has 4 aliphatic carbocycles. The van der Waals surface area contributed by atoms with Crippen LogP contribution in [-0.4, -0.2) is 46.1 Å². The summed E-state index contributed by atoms with van der Waals surface area (Å²) in [6.45, 7) is 7.52. The maximum atomic E-state index is 13.2. The molecule has 1 amide bonds. The minimum absolute atomic E-state index is 0.0612. The van der Waals surface area contributed by atoms with Crippen molar-refractivity contribution in [3.63, 3.8) is 0 Å². The third-order valence-corrected chi connectivity index (χ3v) is 12.3. The Kier molecular flexibility index (Phi) is 6.78. The Labute approximate surface area is 232 Å². The molecule has 38 heavy (non-hydrogen) atoms. The number of benzene rings is 1. The molecule has 0 saturated heterocycles. The van der Waals surface area contributed by atoms with Gasteiger partial charge >= 0.3 is 0 Å². The molecule has 3 saturated carbocycles. The molecule has 1 aliphatic heterocycles. The molecule has 6 heteroatoms. The zero-order valence-corrected chi connectivity index (χ0v) is 23.8. The number of rotatable bonds is 4. The van der Waals surface area contributed by atoms with Crippen LogP contribution < -0.4 is 4.90 Å². The van der Waals surface area contributed by atoms with Crippen LogP contribution in [0.4, 0.5) is 5.69 Å². The van der Waals surface area contributed by atoms with Crippen LogP contribution in [0.25, 0.3) is 0 Å². The summed E-state index contributed by atoms with van der Waals surface area (Å²) in [5, 5.41) is 34.3. The number of aliphatic hydroxyl groups is 3. The second-order valence-electron chi connectivity index (χ2n) is 13.8. The lowest BCUT2D eigenvalue weighted by atomic mass is 9.43. The number of halogens is 1. The van der Waals surface area contributed by atoms with E-state index in [1.54, 1.807) is 0 Å². The molecule has 0 bridgehead atoms. The molecular formula is C32H44ClNO4. The van der Waals surface area contributed by atoms with Crippen molar-refractivity contribution >= 4 is 23.2 Å². The van der Waals surface area contributed by atoms with Crippen LogP contribution in [0.15, 0.2) is 30.4 Å². The summed E-state index contributed by atoms with van der Waals surface area (Å²) < 4.78 is 0. The molecule has 1 heterocycles. The molecule has 6 rings (SSSR count). The average molecular weight is 542 g/mol. The molecule has 1 aromatic carbocycles. The summed E-state index contributed by atoms with van der Waals surface area (Å²) in [6, 6.07) is 5.78. The maximum absolute atomic E-state index is 13.2. The fourth-order valence-corrected chi connectivity index (χ4v) is 9.97. The minimum Gasteiger partial charge on any atom is -0.393 e. The van der Waals surface area contributed by atoms with Crippen molar-refractivity contribution in [3.8, 4) is 0 Å². The maximum Gasteiger partial charge on any atom is 0.227 e. The van der Waals surface area contributed by atoms with E-state index in [0.29, 0.717) is 23.9 Å². The van der Waals surface area contributed by atoms with Crippen LogP contribution >= 0.6 is 11.6 Å². The smallest absolute Gasteiger partial charge is 0.227 e. The number of nitrogens with zero attached hydrogens (tertiary/aromatic N) is 1. The highest BCUT2D eigenvalue weighted by atomic mass is 35.5. The third kappa shape index (κ3) is 4.02. The van der Waals surface area contributed by atoms with Crippen molar-refractivity contribution < 1.29 is 20.1 Å². The number of fused-ring (bicyclic) bond motifs is 6. The topological polar surface area (TPSA) is 81.0 Å². The van der Waals surface area contributed by atoms with Crippen LogP contribution in [-0.2, 0) is 11.2 Å². The minimum atomic E-state index is -0.447. The van der Waals surface area contributed by atoms with Crippen LogP contribution in [0.1, 0.15) is 71.3 Å². The van der Waals surface area contributed by atoms with Gasteiger partial charge < -0.3 is 20.2 Å². The zero-order valence-electron chi connectivity index (χ0n) is 23.0. The van der Waals surface area contributed by atoms with Crippen LogP contribution in [0.2, 0.25) is 5.02 Å². The largest absolute Gasteiger partial charge is 0.393 e. The number of carbonyl (C=O) groups excluding carboxylic acids is 1. The lowest BCUT2D eigenvalue weighted by molar-refractivity contribution is -0.201. The van der Waals surface area contributed by atoms with E-state index in [2.05, 4.69) is 32.9 Å². The normalized spacial score (nSPS) is 44.2. The monoisotopic (exact) mass is 541 g/mol. The van der Waals surface area contributed by atoms with Crippen LogP contribution in [0.3, 0.4) is 0 Å². The second kappa shape index (κ2) is 9.61. The van der Waals surface area contributed by atoms with E-state index in [1.807, 2.05) is 23.1 Å². The van der Waals surface area contributed by atoms with Crippen LogP contribution in [0.5, 0.6) is 0 Å². The van der Waals surface area contributed by atoms with Gasteiger partial charge in [0.05, 0.1) is 18.3 Å². The number of carbonyl (C=O) groups is 1. The highest BCUT2D eigenvalue weighted by molar-refractivity contribution is 6.30. The summed E-state index contributed by atoms with van der Waals surface area (Å²) >= 11 is 6.15. The van der Waals surface area contributed by atoms with E-state index < -0.39 is 12.2 Å². The number of anilines is 1. The lowest BCUT2D eigenvalue weighted by Crippen LogP contribution is -2.62. The summed E-state index contributed by atoms with van der Waals surface area (Å²) in [4.78, 5) is 15.1. The lowest BCUT2D eigenvalue weighted by Gasteiger charge is -2.63. The molecule has 208 valence electrons. The van der Waals surface area contributed by atoms with Gasteiger partial charge in [0, 0.05) is 29.1 Å². The third-order valence-electron chi connectivity index (χ3n) is 12.0. The fraction of sp³-hybridized carbons (Fsp3) is 0.719. The second-order valence-corrected chi connectivity index (χ2v) is 14.2. The number of allylic oxidation sites excluding steroid dienone is 2. The van der Waals surface area contributed by atoms with Gasteiger partial charge in [0.1, 0.15) is 0 Å². The highest BCUT2D eigenvalue weighted by Gasteiger charge is 2.64. The quantitative estimate of drug-likeness (QED) is 0.447. The van der Waals surface area contributed by atoms with Crippen molar-refractivity contribution in [1.82, 2.24) is 0 Å². The number of aliphatic hydroxyl groups excluding tert-OH is 3. The van der Waals surface area contributed by atoms with Gasteiger partial charge in [-0.3, -0.25) is 4.79 Å². The Morgan fingerprint density at radius 2 is 1.95 bits per heavy atom. The van der Waals surface area contributed by atoms with Crippen molar-refractivity contribution in [2.45, 2.75) is 90.4 Å². The molecule has 3 fully saturated rings. The fourth-order valence-electron chi connectivity index (χ4n) is 9.78. The molecule has 11 atom stereocenters. The van der Waals surface area contributed by atoms with Gasteiger partial charge in [0.25, 0.3) is 0 Å². The zero-order chi connectivity index (χ0) is 27.0. The van der Waals surface area contributed by atoms with Crippen molar-refractivity contribution in [2.75, 3.05) is 11.4 Å². The first-order chi connectivity index (χ1) is 18.0. The number of hydrogen-bond acceptors (Lipinski definition) is 4. The Hall–Kier alpha value is -1.40. The van der Waals surface area contributed by atoms with Gasteiger partial charge in [-0.15, -0.1) is 0 Å². The van der Waals surface area contributed by atoms with Gasteiger partial charge in [-0.2, -0.15) is 0 Å². The first-order valence-electron chi connectivity index (χ1n) is 14.8. The van der Waals surface area contributed by atoms with E-state index in [1.165, 1.54) is 0 Å². The summed E-state index contributed by atoms with van der Waals surface area (Å²) in [5.41, 5.74) is 1.86. The molecule has 3 N–H and O–H groups in total. The van der Waals surface area contributed by atoms with E-state index in [-0.39, 0.29) is 52.4 Å². The van der Waals surface area contributed by atoms with Gasteiger partial charge in [-0.1, -0.05) is 44.5 Å². The van der Waals surface area contributed by atoms with Gasteiger partial charge in [0.15, 0.2) is 0 Å². The highest BCUT2D eigenvalue weighted by Crippen LogP contribution is 2.66. The average Bonchev–Trinajstić information content (AvgIpc) is 3.45. The molecule has 1 aromatic rings. The molecule has 0 radical (unpaired) electrons. The summed E-state index contributed by atoms with van der Waals surface area (Å²) in [7, 11) is 0. The Bertz CT molecular complexity index is 1120.